The molecule has 0 aliphatic carbocycles. The number of fused-ring (bicyclic) bond motifs is 1. The monoisotopic (exact) mass is 367 g/mol. The van der Waals surface area contributed by atoms with E-state index in [4.69, 9.17) is 4.74 Å². The minimum Gasteiger partial charge on any atom is -0.497 e. The number of carbonyl (C=O) groups is 3. The second-order valence-corrected chi connectivity index (χ2v) is 6.60. The van der Waals surface area contributed by atoms with Crippen molar-refractivity contribution in [3.63, 3.8) is 0 Å². The Morgan fingerprint density at radius 3 is 2.67 bits per heavy atom. The van der Waals surface area contributed by atoms with Crippen LogP contribution in [0.5, 0.6) is 5.75 Å². The van der Waals surface area contributed by atoms with Crippen LogP contribution in [0.1, 0.15) is 28.4 Å². The van der Waals surface area contributed by atoms with Gasteiger partial charge in [0.05, 0.1) is 12.6 Å². The smallest absolute Gasteiger partial charge is 0.321 e. The Balaban J connectivity index is 1.87. The van der Waals surface area contributed by atoms with Gasteiger partial charge in [-0.2, -0.15) is 0 Å². The first-order chi connectivity index (χ1) is 13.0. The third kappa shape index (κ3) is 3.76. The lowest BCUT2D eigenvalue weighted by Gasteiger charge is -2.35. The number of methoxy groups -OCH3 is 1. The predicted octanol–water partition coefficient (Wildman–Crippen LogP) is 2.02. The number of nitrogens with zero attached hydrogens (tertiary/aromatic N) is 1. The van der Waals surface area contributed by atoms with Gasteiger partial charge in [-0.05, 0) is 36.2 Å². The lowest BCUT2D eigenvalue weighted by Crippen LogP contribution is -2.53. The molecule has 1 aliphatic rings. The van der Waals surface area contributed by atoms with Gasteiger partial charge in [-0.1, -0.05) is 30.3 Å². The summed E-state index contributed by atoms with van der Waals surface area (Å²) in [6.07, 6.45) is 0.323. The molecule has 1 heterocycles. The summed E-state index contributed by atoms with van der Waals surface area (Å²) < 4.78 is 5.23. The van der Waals surface area contributed by atoms with Crippen LogP contribution in [0.3, 0.4) is 0 Å². The number of urea groups is 1. The first kappa shape index (κ1) is 18.4. The van der Waals surface area contributed by atoms with E-state index in [1.165, 1.54) is 0 Å². The van der Waals surface area contributed by atoms with Crippen molar-refractivity contribution in [3.8, 4) is 5.75 Å². The average molecular weight is 367 g/mol. The van der Waals surface area contributed by atoms with Crippen LogP contribution in [0, 0.1) is 0 Å². The molecule has 0 spiro atoms. The summed E-state index contributed by atoms with van der Waals surface area (Å²) in [5, 5.41) is 4.90. The van der Waals surface area contributed by atoms with E-state index in [2.05, 4.69) is 10.6 Å². The largest absolute Gasteiger partial charge is 0.497 e. The van der Waals surface area contributed by atoms with E-state index in [-0.39, 0.29) is 12.5 Å². The number of nitrogens with one attached hydrogen (secondary N) is 2. The molecule has 4 amide bonds. The number of carbonyl (C=O) groups excluding carboxylic acids is 3. The number of imide groups is 1. The molecule has 2 aromatic rings. The zero-order valence-corrected chi connectivity index (χ0v) is 15.2. The summed E-state index contributed by atoms with van der Waals surface area (Å²) in [5.74, 6) is 0.588. The van der Waals surface area contributed by atoms with Crippen LogP contribution >= 0.6 is 0 Å². The normalized spacial score (nSPS) is 14.9. The fourth-order valence-electron chi connectivity index (χ4n) is 3.34. The van der Waals surface area contributed by atoms with Crippen molar-refractivity contribution in [1.82, 2.24) is 15.5 Å². The molecular formula is C20H21N3O4. The van der Waals surface area contributed by atoms with Crippen LogP contribution in [-0.4, -0.2) is 36.9 Å². The van der Waals surface area contributed by atoms with Crippen LogP contribution in [-0.2, 0) is 16.9 Å². The second-order valence-electron chi connectivity index (χ2n) is 6.60. The van der Waals surface area contributed by atoms with Gasteiger partial charge in [0.2, 0.25) is 6.41 Å². The molecule has 2 aromatic carbocycles. The predicted molar refractivity (Wildman–Crippen MR) is 99.3 cm³/mol. The maximum Gasteiger partial charge on any atom is 0.321 e. The SMILES string of the molecule is COc1ccc2c(c1)CN(C[C@](C)(NC(=O)NC=O)c1ccccc1)C2=O. The van der Waals surface area contributed by atoms with Gasteiger partial charge in [0.15, 0.2) is 0 Å². The van der Waals surface area contributed by atoms with E-state index < -0.39 is 11.6 Å². The van der Waals surface area contributed by atoms with E-state index in [1.807, 2.05) is 43.3 Å². The van der Waals surface area contributed by atoms with Gasteiger partial charge in [0.25, 0.3) is 5.91 Å². The maximum atomic E-state index is 12.8. The van der Waals surface area contributed by atoms with Crippen LogP contribution in [0.4, 0.5) is 4.79 Å². The molecule has 0 bridgehead atoms. The molecule has 0 radical (unpaired) electrons. The van der Waals surface area contributed by atoms with Gasteiger partial charge < -0.3 is 15.0 Å². The summed E-state index contributed by atoms with van der Waals surface area (Å²) in [6.45, 7) is 2.49. The zero-order valence-electron chi connectivity index (χ0n) is 15.2. The minimum absolute atomic E-state index is 0.104. The van der Waals surface area contributed by atoms with Crippen molar-refractivity contribution in [2.24, 2.45) is 0 Å². The van der Waals surface area contributed by atoms with Crippen molar-refractivity contribution in [2.75, 3.05) is 13.7 Å². The Kier molecular flexibility index (Phi) is 5.12. The average Bonchev–Trinajstić information content (AvgIpc) is 2.97. The molecule has 140 valence electrons. The van der Waals surface area contributed by atoms with E-state index >= 15 is 0 Å². The molecule has 1 atom stereocenters. The van der Waals surface area contributed by atoms with Crippen molar-refractivity contribution in [3.05, 3.63) is 65.2 Å². The Labute approximate surface area is 157 Å². The Hall–Kier alpha value is -3.35. The Morgan fingerprint density at radius 1 is 1.26 bits per heavy atom. The number of ether oxygens (including phenoxy) is 1. The van der Waals surface area contributed by atoms with E-state index in [0.717, 1.165) is 11.1 Å². The Bertz CT molecular complexity index is 869. The number of hydrogen-bond acceptors (Lipinski definition) is 4. The molecule has 3 rings (SSSR count). The topological polar surface area (TPSA) is 87.7 Å². The van der Waals surface area contributed by atoms with Crippen molar-refractivity contribution in [1.29, 1.82) is 0 Å². The molecule has 0 unspecified atom stereocenters. The molecule has 0 fully saturated rings. The highest BCUT2D eigenvalue weighted by molar-refractivity contribution is 5.98. The molecule has 7 heteroatoms. The third-order valence-electron chi connectivity index (χ3n) is 4.69. The summed E-state index contributed by atoms with van der Waals surface area (Å²) in [5.41, 5.74) is 1.46. The summed E-state index contributed by atoms with van der Waals surface area (Å²) in [4.78, 5) is 37.1. The fraction of sp³-hybridized carbons (Fsp3) is 0.250. The standard InChI is InChI=1S/C20H21N3O4/c1-20(22-19(26)21-13-24,15-6-4-3-5-7-15)12-23-11-14-10-16(27-2)8-9-17(14)18(23)25/h3-10,13H,11-12H2,1-2H3,(H2,21,22,24,26)/t20-/m0/s1. The van der Waals surface area contributed by atoms with Crippen LogP contribution in [0.15, 0.2) is 48.5 Å². The van der Waals surface area contributed by atoms with Crippen LogP contribution in [0.25, 0.3) is 0 Å². The number of benzene rings is 2. The highest BCUT2D eigenvalue weighted by atomic mass is 16.5. The lowest BCUT2D eigenvalue weighted by atomic mass is 9.91. The maximum absolute atomic E-state index is 12.8. The van der Waals surface area contributed by atoms with Gasteiger partial charge in [-0.3, -0.25) is 14.9 Å². The lowest BCUT2D eigenvalue weighted by molar-refractivity contribution is -0.108. The molecule has 7 nitrogen and oxygen atoms in total. The second kappa shape index (κ2) is 7.49. The molecule has 0 aromatic heterocycles. The summed E-state index contributed by atoms with van der Waals surface area (Å²) in [6, 6.07) is 14.1. The zero-order chi connectivity index (χ0) is 19.4. The highest BCUT2D eigenvalue weighted by Crippen LogP contribution is 2.30. The molecule has 27 heavy (non-hydrogen) atoms. The van der Waals surface area contributed by atoms with Crippen LogP contribution < -0.4 is 15.4 Å². The Morgan fingerprint density at radius 2 is 2.00 bits per heavy atom. The number of hydrogen-bond donors (Lipinski definition) is 2. The van der Waals surface area contributed by atoms with Gasteiger partial charge in [0, 0.05) is 18.7 Å². The molecular weight excluding hydrogens is 346 g/mol. The first-order valence-electron chi connectivity index (χ1n) is 8.51. The summed E-state index contributed by atoms with van der Waals surface area (Å²) in [7, 11) is 1.58. The fourth-order valence-corrected chi connectivity index (χ4v) is 3.34. The van der Waals surface area contributed by atoms with E-state index in [1.54, 1.807) is 24.1 Å². The highest BCUT2D eigenvalue weighted by Gasteiger charge is 2.36. The molecule has 1 aliphatic heterocycles. The van der Waals surface area contributed by atoms with Gasteiger partial charge >= 0.3 is 6.03 Å². The third-order valence-corrected chi connectivity index (χ3v) is 4.69. The number of rotatable bonds is 6. The van der Waals surface area contributed by atoms with Crippen molar-refractivity contribution < 1.29 is 19.1 Å². The van der Waals surface area contributed by atoms with Gasteiger partial charge in [-0.25, -0.2) is 4.79 Å². The van der Waals surface area contributed by atoms with Gasteiger partial charge in [0.1, 0.15) is 5.75 Å². The van der Waals surface area contributed by atoms with Crippen LogP contribution in [0.2, 0.25) is 0 Å². The van der Waals surface area contributed by atoms with Crippen molar-refractivity contribution >= 4 is 18.3 Å². The van der Waals surface area contributed by atoms with E-state index in [9.17, 15) is 14.4 Å². The van der Waals surface area contributed by atoms with E-state index in [0.29, 0.717) is 24.3 Å². The van der Waals surface area contributed by atoms with Crippen molar-refractivity contribution in [2.45, 2.75) is 19.0 Å². The minimum atomic E-state index is -0.879. The van der Waals surface area contributed by atoms with Gasteiger partial charge in [-0.15, -0.1) is 0 Å². The summed E-state index contributed by atoms with van der Waals surface area (Å²) >= 11 is 0. The molecule has 0 saturated carbocycles. The molecule has 2 N–H and O–H groups in total. The molecule has 0 saturated heterocycles. The first-order valence-corrected chi connectivity index (χ1v) is 8.51. The quantitative estimate of drug-likeness (QED) is 0.765. The number of amides is 4.